The number of hydrogen-bond donors (Lipinski definition) is 1. The summed E-state index contributed by atoms with van der Waals surface area (Å²) >= 11 is 3.32. The van der Waals surface area contributed by atoms with Crippen LogP contribution in [0.4, 0.5) is 0 Å². The number of carbonyl (C=O) groups is 1. The van der Waals surface area contributed by atoms with Crippen LogP contribution in [-0.2, 0) is 0 Å². The fourth-order valence-corrected chi connectivity index (χ4v) is 4.02. The maximum absolute atomic E-state index is 12.4. The lowest BCUT2D eigenvalue weighted by molar-refractivity contribution is 0.0896. The monoisotopic (exact) mass is 294 g/mol. The van der Waals surface area contributed by atoms with Crippen molar-refractivity contribution in [1.29, 1.82) is 0 Å². The molecular formula is C14H15BrO2. The van der Waals surface area contributed by atoms with Gasteiger partial charge in [-0.2, -0.15) is 0 Å². The Morgan fingerprint density at radius 3 is 2.65 bits per heavy atom. The molecular weight excluding hydrogens is 280 g/mol. The van der Waals surface area contributed by atoms with Crippen LogP contribution in [0.25, 0.3) is 0 Å². The SMILES string of the molecule is Cc1cc(Br)c(O)c2c1C1CCCCC1C2=O. The summed E-state index contributed by atoms with van der Waals surface area (Å²) in [6.07, 6.45) is 4.41. The lowest BCUT2D eigenvalue weighted by atomic mass is 9.78. The van der Waals surface area contributed by atoms with Gasteiger partial charge in [-0.1, -0.05) is 12.8 Å². The van der Waals surface area contributed by atoms with Gasteiger partial charge >= 0.3 is 0 Å². The standard InChI is InChI=1S/C14H15BrO2/c1-7-6-10(15)14(17)12-11(7)8-4-2-3-5-9(8)13(12)16/h6,8-9,17H,2-5H2,1H3. The average molecular weight is 295 g/mol. The molecule has 1 aromatic rings. The average Bonchev–Trinajstić information content (AvgIpc) is 2.61. The predicted octanol–water partition coefficient (Wildman–Crippen LogP) is 3.93. The number of aromatic hydroxyl groups is 1. The summed E-state index contributed by atoms with van der Waals surface area (Å²) in [4.78, 5) is 12.4. The summed E-state index contributed by atoms with van der Waals surface area (Å²) in [7, 11) is 0. The molecule has 0 aliphatic heterocycles. The van der Waals surface area contributed by atoms with Crippen molar-refractivity contribution in [1.82, 2.24) is 0 Å². The zero-order valence-electron chi connectivity index (χ0n) is 9.79. The molecule has 1 saturated carbocycles. The van der Waals surface area contributed by atoms with Crippen LogP contribution < -0.4 is 0 Å². The second-order valence-corrected chi connectivity index (χ2v) is 6.03. The summed E-state index contributed by atoms with van der Waals surface area (Å²) in [6.45, 7) is 2.04. The van der Waals surface area contributed by atoms with Crippen LogP contribution in [0.1, 0.15) is 53.1 Å². The highest BCUT2D eigenvalue weighted by Gasteiger charge is 2.43. The largest absolute Gasteiger partial charge is 0.506 e. The minimum atomic E-state index is 0.123. The minimum absolute atomic E-state index is 0.123. The Morgan fingerprint density at radius 2 is 1.94 bits per heavy atom. The van der Waals surface area contributed by atoms with Crippen LogP contribution in [0, 0.1) is 12.8 Å². The van der Waals surface area contributed by atoms with Crippen molar-refractivity contribution >= 4 is 21.7 Å². The van der Waals surface area contributed by atoms with E-state index in [1.54, 1.807) is 0 Å². The molecule has 2 aliphatic rings. The van der Waals surface area contributed by atoms with Crippen molar-refractivity contribution in [2.24, 2.45) is 5.92 Å². The second-order valence-electron chi connectivity index (χ2n) is 5.17. The Bertz CT molecular complexity index is 507. The fourth-order valence-electron chi connectivity index (χ4n) is 3.48. The first kappa shape index (κ1) is 11.3. The van der Waals surface area contributed by atoms with Crippen LogP contribution in [0.5, 0.6) is 5.75 Å². The van der Waals surface area contributed by atoms with Gasteiger partial charge in [0.15, 0.2) is 5.78 Å². The topological polar surface area (TPSA) is 37.3 Å². The number of halogens is 1. The first-order valence-electron chi connectivity index (χ1n) is 6.17. The Hall–Kier alpha value is -0.830. The van der Waals surface area contributed by atoms with Gasteiger partial charge in [-0.15, -0.1) is 0 Å². The zero-order chi connectivity index (χ0) is 12.2. The molecule has 1 N–H and O–H groups in total. The Balaban J connectivity index is 2.24. The molecule has 1 aromatic carbocycles. The van der Waals surface area contributed by atoms with Crippen molar-refractivity contribution in [3.05, 3.63) is 27.2 Å². The van der Waals surface area contributed by atoms with Gasteiger partial charge in [-0.3, -0.25) is 4.79 Å². The molecule has 17 heavy (non-hydrogen) atoms. The first-order chi connectivity index (χ1) is 8.11. The molecule has 2 unspecified atom stereocenters. The molecule has 0 saturated heterocycles. The summed E-state index contributed by atoms with van der Waals surface area (Å²) in [6, 6.07) is 1.93. The molecule has 90 valence electrons. The lowest BCUT2D eigenvalue weighted by Gasteiger charge is -2.25. The number of fused-ring (bicyclic) bond motifs is 3. The molecule has 1 fully saturated rings. The smallest absolute Gasteiger partial charge is 0.170 e. The van der Waals surface area contributed by atoms with E-state index in [2.05, 4.69) is 15.9 Å². The number of benzene rings is 1. The number of phenols is 1. The number of rotatable bonds is 0. The van der Waals surface area contributed by atoms with Gasteiger partial charge < -0.3 is 5.11 Å². The number of phenolic OH excluding ortho intramolecular Hbond substituents is 1. The Morgan fingerprint density at radius 1 is 1.29 bits per heavy atom. The number of aryl methyl sites for hydroxylation is 1. The van der Waals surface area contributed by atoms with Crippen molar-refractivity contribution in [2.45, 2.75) is 38.5 Å². The van der Waals surface area contributed by atoms with Gasteiger partial charge in [0.1, 0.15) is 5.75 Å². The van der Waals surface area contributed by atoms with Gasteiger partial charge in [-0.25, -0.2) is 0 Å². The summed E-state index contributed by atoms with van der Waals surface area (Å²) < 4.78 is 0.640. The Labute approximate surface area is 109 Å². The van der Waals surface area contributed by atoms with Crippen LogP contribution in [0.2, 0.25) is 0 Å². The molecule has 2 aliphatic carbocycles. The number of hydrogen-bond acceptors (Lipinski definition) is 2. The third-order valence-electron chi connectivity index (χ3n) is 4.22. The van der Waals surface area contributed by atoms with Crippen molar-refractivity contribution in [3.8, 4) is 5.75 Å². The van der Waals surface area contributed by atoms with E-state index in [0.717, 1.165) is 30.4 Å². The summed E-state index contributed by atoms with van der Waals surface area (Å²) in [5, 5.41) is 10.1. The van der Waals surface area contributed by atoms with Gasteiger partial charge in [-0.05, 0) is 58.8 Å². The van der Waals surface area contributed by atoms with E-state index >= 15 is 0 Å². The molecule has 2 nitrogen and oxygen atoms in total. The van der Waals surface area contributed by atoms with Gasteiger partial charge in [0, 0.05) is 5.92 Å². The van der Waals surface area contributed by atoms with Gasteiger partial charge in [0.25, 0.3) is 0 Å². The highest BCUT2D eigenvalue weighted by Crippen LogP contribution is 2.51. The van der Waals surface area contributed by atoms with Gasteiger partial charge in [0.05, 0.1) is 10.0 Å². The third-order valence-corrected chi connectivity index (χ3v) is 4.82. The van der Waals surface area contributed by atoms with E-state index in [9.17, 15) is 9.90 Å². The fraction of sp³-hybridized carbons (Fsp3) is 0.500. The molecule has 0 amide bonds. The van der Waals surface area contributed by atoms with E-state index in [4.69, 9.17) is 0 Å². The summed E-state index contributed by atoms with van der Waals surface area (Å²) in [5.41, 5.74) is 2.83. The lowest BCUT2D eigenvalue weighted by Crippen LogP contribution is -2.17. The first-order valence-corrected chi connectivity index (χ1v) is 6.96. The molecule has 3 rings (SSSR count). The number of Topliss-reactive ketones (excluding diaryl/α,β-unsaturated/α-hetero) is 1. The van der Waals surface area contributed by atoms with E-state index in [-0.39, 0.29) is 17.5 Å². The van der Waals surface area contributed by atoms with Crippen LogP contribution in [-0.4, -0.2) is 10.9 Å². The molecule has 2 atom stereocenters. The quantitative estimate of drug-likeness (QED) is 0.787. The minimum Gasteiger partial charge on any atom is -0.506 e. The van der Waals surface area contributed by atoms with Crippen molar-refractivity contribution in [2.75, 3.05) is 0 Å². The maximum Gasteiger partial charge on any atom is 0.170 e. The predicted molar refractivity (Wildman–Crippen MR) is 69.6 cm³/mol. The van der Waals surface area contributed by atoms with Gasteiger partial charge in [0.2, 0.25) is 0 Å². The summed E-state index contributed by atoms with van der Waals surface area (Å²) in [5.74, 6) is 0.777. The van der Waals surface area contributed by atoms with Crippen LogP contribution in [0.15, 0.2) is 10.5 Å². The molecule has 0 bridgehead atoms. The van der Waals surface area contributed by atoms with E-state index in [1.807, 2.05) is 13.0 Å². The highest BCUT2D eigenvalue weighted by molar-refractivity contribution is 9.10. The molecule has 0 aromatic heterocycles. The third kappa shape index (κ3) is 1.48. The second kappa shape index (κ2) is 3.84. The normalized spacial score (nSPS) is 26.8. The molecule has 0 heterocycles. The van der Waals surface area contributed by atoms with E-state index < -0.39 is 0 Å². The Kier molecular flexibility index (Phi) is 2.54. The maximum atomic E-state index is 12.4. The van der Waals surface area contributed by atoms with Crippen LogP contribution in [0.3, 0.4) is 0 Å². The number of carbonyl (C=O) groups excluding carboxylic acids is 1. The molecule has 3 heteroatoms. The van der Waals surface area contributed by atoms with Crippen molar-refractivity contribution < 1.29 is 9.90 Å². The molecule has 0 spiro atoms. The van der Waals surface area contributed by atoms with Crippen LogP contribution >= 0.6 is 15.9 Å². The number of ketones is 1. The van der Waals surface area contributed by atoms with E-state index in [1.165, 1.54) is 6.42 Å². The van der Waals surface area contributed by atoms with Crippen molar-refractivity contribution in [3.63, 3.8) is 0 Å². The zero-order valence-corrected chi connectivity index (χ0v) is 11.4. The highest BCUT2D eigenvalue weighted by atomic mass is 79.9. The van der Waals surface area contributed by atoms with E-state index in [0.29, 0.717) is 16.0 Å². The molecule has 0 radical (unpaired) electrons.